The fourth-order valence-corrected chi connectivity index (χ4v) is 2.93. The van der Waals surface area contributed by atoms with E-state index in [1.54, 1.807) is 4.90 Å². The van der Waals surface area contributed by atoms with Crippen LogP contribution in [-0.2, 0) is 9.59 Å². The number of carboxylic acids is 1. The minimum absolute atomic E-state index is 0.0273. The van der Waals surface area contributed by atoms with Gasteiger partial charge in [0.1, 0.15) is 0 Å². The highest BCUT2D eigenvalue weighted by Gasteiger charge is 2.37. The number of carbonyl (C=O) groups is 3. The number of nitrogens with one attached hydrogen (secondary N) is 1. The normalized spacial score (nSPS) is 33.1. The van der Waals surface area contributed by atoms with E-state index in [2.05, 4.69) is 5.32 Å². The van der Waals surface area contributed by atoms with Crippen LogP contribution >= 0.6 is 0 Å². The van der Waals surface area contributed by atoms with Crippen molar-refractivity contribution in [3.63, 3.8) is 0 Å². The molecule has 1 aliphatic heterocycles. The highest BCUT2D eigenvalue weighted by molar-refractivity contribution is 5.79. The molecule has 1 saturated carbocycles. The molecule has 2 atom stereocenters. The van der Waals surface area contributed by atoms with Crippen molar-refractivity contribution in [1.82, 2.24) is 10.2 Å². The standard InChI is InChI=1S/C13H21N3O4/c1-7-2-9(12(18)19)6-16(5-7)13(20)15-10-3-8(4-10)11(14)17/h7-10H,2-6H2,1H3,(H2,14,17)(H,15,20)(H,18,19). The average Bonchev–Trinajstić information content (AvgIpc) is 2.31. The van der Waals surface area contributed by atoms with Crippen LogP contribution < -0.4 is 11.1 Å². The van der Waals surface area contributed by atoms with Gasteiger partial charge in [-0.1, -0.05) is 6.92 Å². The van der Waals surface area contributed by atoms with Crippen molar-refractivity contribution in [2.75, 3.05) is 13.1 Å². The zero-order chi connectivity index (χ0) is 14.9. The number of primary amides is 1. The molecule has 2 aliphatic rings. The fraction of sp³-hybridized carbons (Fsp3) is 0.769. The summed E-state index contributed by atoms with van der Waals surface area (Å²) in [6.07, 6.45) is 1.76. The molecule has 7 heteroatoms. The van der Waals surface area contributed by atoms with Gasteiger partial charge in [-0.3, -0.25) is 9.59 Å². The Hall–Kier alpha value is -1.79. The number of urea groups is 1. The van der Waals surface area contributed by atoms with E-state index >= 15 is 0 Å². The molecule has 0 spiro atoms. The summed E-state index contributed by atoms with van der Waals surface area (Å²) in [5, 5.41) is 11.9. The molecule has 0 aromatic heterocycles. The predicted octanol–water partition coefficient (Wildman–Crippen LogP) is 0.00250. The molecule has 20 heavy (non-hydrogen) atoms. The van der Waals surface area contributed by atoms with E-state index in [9.17, 15) is 14.4 Å². The molecular formula is C13H21N3O4. The molecule has 0 aromatic carbocycles. The Balaban J connectivity index is 1.83. The summed E-state index contributed by atoms with van der Waals surface area (Å²) >= 11 is 0. The van der Waals surface area contributed by atoms with E-state index in [1.165, 1.54) is 0 Å². The Morgan fingerprint density at radius 1 is 1.15 bits per heavy atom. The summed E-state index contributed by atoms with van der Waals surface area (Å²) in [5.74, 6) is -1.65. The van der Waals surface area contributed by atoms with Crippen molar-refractivity contribution < 1.29 is 19.5 Å². The molecule has 0 bridgehead atoms. The number of nitrogens with zero attached hydrogens (tertiary/aromatic N) is 1. The van der Waals surface area contributed by atoms with Crippen molar-refractivity contribution in [2.45, 2.75) is 32.2 Å². The van der Waals surface area contributed by atoms with Crippen molar-refractivity contribution in [2.24, 2.45) is 23.5 Å². The molecule has 2 fully saturated rings. The molecule has 0 aromatic rings. The maximum absolute atomic E-state index is 12.1. The van der Waals surface area contributed by atoms with Gasteiger partial charge in [-0.15, -0.1) is 0 Å². The lowest BCUT2D eigenvalue weighted by Crippen LogP contribution is -2.55. The van der Waals surface area contributed by atoms with Gasteiger partial charge in [0.05, 0.1) is 5.92 Å². The zero-order valence-corrected chi connectivity index (χ0v) is 11.5. The quantitative estimate of drug-likeness (QED) is 0.676. The molecule has 112 valence electrons. The molecular weight excluding hydrogens is 262 g/mol. The number of carbonyl (C=O) groups excluding carboxylic acids is 2. The van der Waals surface area contributed by atoms with Crippen LogP contribution in [0.3, 0.4) is 0 Å². The van der Waals surface area contributed by atoms with E-state index in [-0.39, 0.29) is 36.4 Å². The molecule has 3 amide bonds. The number of hydrogen-bond acceptors (Lipinski definition) is 3. The molecule has 2 rings (SSSR count). The van der Waals surface area contributed by atoms with Crippen molar-refractivity contribution in [1.29, 1.82) is 0 Å². The van der Waals surface area contributed by atoms with Gasteiger partial charge in [0.15, 0.2) is 0 Å². The van der Waals surface area contributed by atoms with Gasteiger partial charge in [0.2, 0.25) is 5.91 Å². The average molecular weight is 283 g/mol. The van der Waals surface area contributed by atoms with Gasteiger partial charge in [-0.2, -0.15) is 0 Å². The van der Waals surface area contributed by atoms with Gasteiger partial charge < -0.3 is 21.1 Å². The van der Waals surface area contributed by atoms with Crippen LogP contribution in [0.2, 0.25) is 0 Å². The Labute approximate surface area is 117 Å². The van der Waals surface area contributed by atoms with Crippen molar-refractivity contribution in [3.8, 4) is 0 Å². The van der Waals surface area contributed by atoms with Crippen LogP contribution in [0.4, 0.5) is 4.79 Å². The number of hydrogen-bond donors (Lipinski definition) is 3. The van der Waals surface area contributed by atoms with E-state index in [0.29, 0.717) is 25.8 Å². The Morgan fingerprint density at radius 2 is 1.80 bits per heavy atom. The number of nitrogens with two attached hydrogens (primary N) is 1. The summed E-state index contributed by atoms with van der Waals surface area (Å²) < 4.78 is 0. The Morgan fingerprint density at radius 3 is 2.35 bits per heavy atom. The number of amides is 3. The van der Waals surface area contributed by atoms with E-state index in [1.807, 2.05) is 6.92 Å². The molecule has 1 heterocycles. The predicted molar refractivity (Wildman–Crippen MR) is 70.7 cm³/mol. The second-order valence-electron chi connectivity index (χ2n) is 6.00. The first-order valence-electron chi connectivity index (χ1n) is 6.94. The van der Waals surface area contributed by atoms with Crippen LogP contribution in [-0.4, -0.2) is 47.0 Å². The third-order valence-electron chi connectivity index (χ3n) is 4.16. The van der Waals surface area contributed by atoms with Gasteiger partial charge in [-0.05, 0) is 25.2 Å². The second kappa shape index (κ2) is 5.68. The van der Waals surface area contributed by atoms with E-state index in [0.717, 1.165) is 0 Å². The fourth-order valence-electron chi connectivity index (χ4n) is 2.93. The summed E-state index contributed by atoms with van der Waals surface area (Å²) in [7, 11) is 0. The molecule has 0 radical (unpaired) electrons. The maximum atomic E-state index is 12.1. The Kier molecular flexibility index (Phi) is 4.15. The molecule has 1 aliphatic carbocycles. The number of carboxylic acid groups (broad SMARTS) is 1. The molecule has 1 saturated heterocycles. The monoisotopic (exact) mass is 283 g/mol. The number of likely N-dealkylation sites (tertiary alicyclic amines) is 1. The third kappa shape index (κ3) is 3.20. The summed E-state index contributed by atoms with van der Waals surface area (Å²) in [6, 6.07) is -0.267. The summed E-state index contributed by atoms with van der Waals surface area (Å²) in [6.45, 7) is 2.76. The first kappa shape index (κ1) is 14.6. The number of piperidine rings is 1. The third-order valence-corrected chi connectivity index (χ3v) is 4.16. The second-order valence-corrected chi connectivity index (χ2v) is 6.00. The summed E-state index contributed by atoms with van der Waals surface area (Å²) in [4.78, 5) is 35.6. The lowest BCUT2D eigenvalue weighted by molar-refractivity contribution is -0.143. The van der Waals surface area contributed by atoms with Crippen molar-refractivity contribution >= 4 is 17.9 Å². The van der Waals surface area contributed by atoms with Crippen LogP contribution in [0.5, 0.6) is 0 Å². The molecule has 2 unspecified atom stereocenters. The first-order chi connectivity index (χ1) is 9.36. The van der Waals surface area contributed by atoms with Crippen molar-refractivity contribution in [3.05, 3.63) is 0 Å². The molecule has 4 N–H and O–H groups in total. The SMILES string of the molecule is CC1CC(C(=O)O)CN(C(=O)NC2CC(C(N)=O)C2)C1. The highest BCUT2D eigenvalue weighted by Crippen LogP contribution is 2.28. The lowest BCUT2D eigenvalue weighted by atomic mass is 9.80. The topological polar surface area (TPSA) is 113 Å². The summed E-state index contributed by atoms with van der Waals surface area (Å²) in [5.41, 5.74) is 5.18. The zero-order valence-electron chi connectivity index (χ0n) is 11.5. The minimum Gasteiger partial charge on any atom is -0.481 e. The Bertz CT molecular complexity index is 420. The lowest BCUT2D eigenvalue weighted by Gasteiger charge is -2.38. The molecule has 7 nitrogen and oxygen atoms in total. The van der Waals surface area contributed by atoms with Crippen LogP contribution in [0.25, 0.3) is 0 Å². The highest BCUT2D eigenvalue weighted by atomic mass is 16.4. The number of rotatable bonds is 3. The first-order valence-corrected chi connectivity index (χ1v) is 6.94. The van der Waals surface area contributed by atoms with Crippen LogP contribution in [0.1, 0.15) is 26.2 Å². The maximum Gasteiger partial charge on any atom is 0.317 e. The van der Waals surface area contributed by atoms with Gasteiger partial charge >= 0.3 is 12.0 Å². The minimum atomic E-state index is -0.855. The van der Waals surface area contributed by atoms with Crippen LogP contribution in [0.15, 0.2) is 0 Å². The van der Waals surface area contributed by atoms with Gasteiger partial charge in [0.25, 0.3) is 0 Å². The van der Waals surface area contributed by atoms with Gasteiger partial charge in [-0.25, -0.2) is 4.79 Å². The smallest absolute Gasteiger partial charge is 0.317 e. The number of aliphatic carboxylic acids is 1. The largest absolute Gasteiger partial charge is 0.481 e. The van der Waals surface area contributed by atoms with E-state index in [4.69, 9.17) is 10.8 Å². The van der Waals surface area contributed by atoms with Gasteiger partial charge in [0, 0.05) is 25.0 Å². The van der Waals surface area contributed by atoms with E-state index < -0.39 is 11.9 Å². The van der Waals surface area contributed by atoms with Crippen LogP contribution in [0, 0.1) is 17.8 Å².